The summed E-state index contributed by atoms with van der Waals surface area (Å²) in [5.41, 5.74) is 0.991. The minimum atomic E-state index is -0.282. The van der Waals surface area contributed by atoms with E-state index in [-0.39, 0.29) is 19.1 Å². The van der Waals surface area contributed by atoms with E-state index in [0.29, 0.717) is 17.1 Å². The highest BCUT2D eigenvalue weighted by molar-refractivity contribution is 6.09. The standard InChI is InChI=1S/C18H16N2O3/c21-11-12-23-16-9-4-6-13-5-3-8-14(17(13)16)20-18(22)15-7-1-2-10-19-15/h1-10,21H,11-12H2,(H,20,22). The molecule has 116 valence electrons. The summed E-state index contributed by atoms with van der Waals surface area (Å²) in [6.45, 7) is 0.125. The van der Waals surface area contributed by atoms with E-state index in [0.717, 1.165) is 10.8 Å². The van der Waals surface area contributed by atoms with Gasteiger partial charge >= 0.3 is 0 Å². The van der Waals surface area contributed by atoms with Crippen LogP contribution in [0.1, 0.15) is 10.5 Å². The molecule has 0 aliphatic carbocycles. The molecule has 0 unspecified atom stereocenters. The normalized spacial score (nSPS) is 10.5. The van der Waals surface area contributed by atoms with Gasteiger partial charge in [0.1, 0.15) is 18.1 Å². The monoisotopic (exact) mass is 308 g/mol. The van der Waals surface area contributed by atoms with Gasteiger partial charge in [-0.3, -0.25) is 9.78 Å². The van der Waals surface area contributed by atoms with Gasteiger partial charge < -0.3 is 15.2 Å². The summed E-state index contributed by atoms with van der Waals surface area (Å²) in [4.78, 5) is 16.4. The highest BCUT2D eigenvalue weighted by Gasteiger charge is 2.12. The first-order chi connectivity index (χ1) is 11.3. The summed E-state index contributed by atoms with van der Waals surface area (Å²) >= 11 is 0. The fraction of sp³-hybridized carbons (Fsp3) is 0.111. The van der Waals surface area contributed by atoms with Crippen LogP contribution in [0.4, 0.5) is 5.69 Å². The Morgan fingerprint density at radius 2 is 1.91 bits per heavy atom. The number of pyridine rings is 1. The number of aliphatic hydroxyl groups excluding tert-OH is 1. The largest absolute Gasteiger partial charge is 0.490 e. The summed E-state index contributed by atoms with van der Waals surface area (Å²) in [6.07, 6.45) is 1.58. The second-order valence-electron chi connectivity index (χ2n) is 4.90. The Balaban J connectivity index is 1.98. The number of carbonyl (C=O) groups is 1. The van der Waals surface area contributed by atoms with Crippen LogP contribution in [-0.2, 0) is 0 Å². The summed E-state index contributed by atoms with van der Waals surface area (Å²) in [5, 5.41) is 13.6. The number of ether oxygens (including phenoxy) is 1. The topological polar surface area (TPSA) is 71.5 Å². The average molecular weight is 308 g/mol. The van der Waals surface area contributed by atoms with Gasteiger partial charge in [-0.25, -0.2) is 0 Å². The first kappa shape index (κ1) is 15.0. The number of anilines is 1. The molecule has 2 aromatic carbocycles. The van der Waals surface area contributed by atoms with Gasteiger partial charge in [0.05, 0.1) is 12.3 Å². The number of nitrogens with zero attached hydrogens (tertiary/aromatic N) is 1. The van der Waals surface area contributed by atoms with Gasteiger partial charge in [-0.15, -0.1) is 0 Å². The molecule has 0 spiro atoms. The maximum absolute atomic E-state index is 12.3. The summed E-state index contributed by atoms with van der Waals surface area (Å²) in [5.74, 6) is 0.337. The van der Waals surface area contributed by atoms with Crippen LogP contribution in [0.25, 0.3) is 10.8 Å². The van der Waals surface area contributed by atoms with Crippen molar-refractivity contribution in [1.82, 2.24) is 4.98 Å². The number of fused-ring (bicyclic) bond motifs is 1. The van der Waals surface area contributed by atoms with Crippen molar-refractivity contribution in [3.8, 4) is 5.75 Å². The summed E-state index contributed by atoms with van der Waals surface area (Å²) in [6, 6.07) is 16.4. The first-order valence-electron chi connectivity index (χ1n) is 7.27. The molecule has 0 saturated carbocycles. The molecular formula is C18H16N2O3. The lowest BCUT2D eigenvalue weighted by molar-refractivity contribution is 0.102. The zero-order chi connectivity index (χ0) is 16.1. The van der Waals surface area contributed by atoms with Gasteiger partial charge in [0.15, 0.2) is 0 Å². The van der Waals surface area contributed by atoms with Gasteiger partial charge in [0.2, 0.25) is 0 Å². The average Bonchev–Trinajstić information content (AvgIpc) is 2.60. The fourth-order valence-corrected chi connectivity index (χ4v) is 2.37. The Hall–Kier alpha value is -2.92. The van der Waals surface area contributed by atoms with E-state index >= 15 is 0 Å². The number of hydrogen-bond acceptors (Lipinski definition) is 4. The van der Waals surface area contributed by atoms with Crippen molar-refractivity contribution < 1.29 is 14.6 Å². The van der Waals surface area contributed by atoms with Crippen LogP contribution in [0, 0.1) is 0 Å². The third-order valence-electron chi connectivity index (χ3n) is 3.36. The Bertz CT molecular complexity index is 814. The lowest BCUT2D eigenvalue weighted by Crippen LogP contribution is -2.13. The maximum Gasteiger partial charge on any atom is 0.274 e. The molecule has 5 nitrogen and oxygen atoms in total. The molecule has 3 aromatic rings. The number of aliphatic hydroxyl groups is 1. The second-order valence-corrected chi connectivity index (χ2v) is 4.90. The van der Waals surface area contributed by atoms with Crippen LogP contribution in [0.3, 0.4) is 0 Å². The van der Waals surface area contributed by atoms with E-state index in [1.165, 1.54) is 0 Å². The smallest absolute Gasteiger partial charge is 0.274 e. The highest BCUT2D eigenvalue weighted by atomic mass is 16.5. The van der Waals surface area contributed by atoms with E-state index in [9.17, 15) is 4.79 Å². The summed E-state index contributed by atoms with van der Waals surface area (Å²) in [7, 11) is 0. The Morgan fingerprint density at radius 3 is 2.65 bits per heavy atom. The van der Waals surface area contributed by atoms with E-state index in [1.807, 2.05) is 36.4 Å². The Labute approximate surface area is 133 Å². The number of amides is 1. The van der Waals surface area contributed by atoms with Crippen LogP contribution < -0.4 is 10.1 Å². The van der Waals surface area contributed by atoms with Crippen molar-refractivity contribution in [1.29, 1.82) is 0 Å². The van der Waals surface area contributed by atoms with Crippen molar-refractivity contribution in [2.75, 3.05) is 18.5 Å². The molecule has 0 bridgehead atoms. The molecule has 0 fully saturated rings. The van der Waals surface area contributed by atoms with Crippen LogP contribution in [0.5, 0.6) is 5.75 Å². The fourth-order valence-electron chi connectivity index (χ4n) is 2.37. The number of carbonyl (C=O) groups excluding carboxylic acids is 1. The van der Waals surface area contributed by atoms with E-state index in [2.05, 4.69) is 10.3 Å². The number of aromatic nitrogens is 1. The SMILES string of the molecule is O=C(Nc1cccc2cccc(OCCO)c12)c1ccccn1. The third-order valence-corrected chi connectivity index (χ3v) is 3.36. The quantitative estimate of drug-likeness (QED) is 0.760. The summed E-state index contributed by atoms with van der Waals surface area (Å²) < 4.78 is 5.58. The molecule has 1 amide bonds. The van der Waals surface area contributed by atoms with Crippen LogP contribution in [0.2, 0.25) is 0 Å². The first-order valence-corrected chi connectivity index (χ1v) is 7.27. The van der Waals surface area contributed by atoms with Crippen molar-refractivity contribution >= 4 is 22.4 Å². The van der Waals surface area contributed by atoms with E-state index < -0.39 is 0 Å². The van der Waals surface area contributed by atoms with Crippen LogP contribution in [-0.4, -0.2) is 29.2 Å². The molecule has 1 heterocycles. The van der Waals surface area contributed by atoms with Crippen LogP contribution in [0.15, 0.2) is 60.8 Å². The van der Waals surface area contributed by atoms with Gasteiger partial charge in [0, 0.05) is 11.6 Å². The molecule has 0 aliphatic rings. The zero-order valence-electron chi connectivity index (χ0n) is 12.4. The molecular weight excluding hydrogens is 292 g/mol. The number of benzene rings is 2. The number of hydrogen-bond donors (Lipinski definition) is 2. The van der Waals surface area contributed by atoms with E-state index in [4.69, 9.17) is 9.84 Å². The molecule has 5 heteroatoms. The molecule has 0 atom stereocenters. The third kappa shape index (κ3) is 3.30. The van der Waals surface area contributed by atoms with Crippen molar-refractivity contribution in [3.63, 3.8) is 0 Å². The molecule has 3 rings (SSSR count). The molecule has 23 heavy (non-hydrogen) atoms. The highest BCUT2D eigenvalue weighted by Crippen LogP contribution is 2.32. The zero-order valence-corrected chi connectivity index (χ0v) is 12.4. The Morgan fingerprint density at radius 1 is 1.09 bits per heavy atom. The predicted octanol–water partition coefficient (Wildman–Crippen LogP) is 2.86. The van der Waals surface area contributed by atoms with Gasteiger partial charge in [-0.05, 0) is 29.7 Å². The molecule has 0 saturated heterocycles. The lowest BCUT2D eigenvalue weighted by Gasteiger charge is -2.13. The lowest BCUT2D eigenvalue weighted by atomic mass is 10.1. The van der Waals surface area contributed by atoms with Gasteiger partial charge in [-0.2, -0.15) is 0 Å². The van der Waals surface area contributed by atoms with Gasteiger partial charge in [0.25, 0.3) is 5.91 Å². The van der Waals surface area contributed by atoms with E-state index in [1.54, 1.807) is 24.4 Å². The molecule has 0 aliphatic heterocycles. The van der Waals surface area contributed by atoms with Crippen LogP contribution >= 0.6 is 0 Å². The van der Waals surface area contributed by atoms with Gasteiger partial charge in [-0.1, -0.05) is 30.3 Å². The maximum atomic E-state index is 12.3. The molecule has 1 aromatic heterocycles. The second kappa shape index (κ2) is 6.89. The van der Waals surface area contributed by atoms with Crippen molar-refractivity contribution in [2.45, 2.75) is 0 Å². The Kier molecular flexibility index (Phi) is 4.49. The minimum absolute atomic E-state index is 0.0706. The van der Waals surface area contributed by atoms with Crippen molar-refractivity contribution in [3.05, 3.63) is 66.5 Å². The number of nitrogens with one attached hydrogen (secondary N) is 1. The molecule has 0 radical (unpaired) electrons. The predicted molar refractivity (Wildman–Crippen MR) is 88.7 cm³/mol. The minimum Gasteiger partial charge on any atom is -0.490 e. The van der Waals surface area contributed by atoms with Crippen molar-refractivity contribution in [2.24, 2.45) is 0 Å². The number of rotatable bonds is 5. The molecule has 2 N–H and O–H groups in total.